The van der Waals surface area contributed by atoms with Gasteiger partial charge in [0.15, 0.2) is 0 Å². The van der Waals surface area contributed by atoms with E-state index in [2.05, 4.69) is 163 Å². The summed E-state index contributed by atoms with van der Waals surface area (Å²) in [6.45, 7) is 0. The molecule has 0 aliphatic heterocycles. The molecular weight excluding hydrogens is 458 g/mol. The molecule has 5 aromatic rings. The highest BCUT2D eigenvalue weighted by Crippen LogP contribution is 2.62. The van der Waals surface area contributed by atoms with Gasteiger partial charge in [0, 0.05) is 0 Å². The fourth-order valence-electron chi connectivity index (χ4n) is 4.49. The number of rotatable bonds is 8. The minimum absolute atomic E-state index is 0.623. The molecule has 170 valence electrons. The Kier molecular flexibility index (Phi) is 7.65. The van der Waals surface area contributed by atoms with E-state index in [0.717, 1.165) is 6.16 Å². The van der Waals surface area contributed by atoms with Crippen LogP contribution in [0.3, 0.4) is 0 Å². The summed E-state index contributed by atoms with van der Waals surface area (Å²) in [7, 11) is -2.51. The van der Waals surface area contributed by atoms with Crippen LogP contribution in [0.15, 0.2) is 163 Å². The summed E-state index contributed by atoms with van der Waals surface area (Å²) in [6.07, 6.45) is 1.01. The highest BCUT2D eigenvalue weighted by Gasteiger charge is 2.41. The zero-order chi connectivity index (χ0) is 23.8. The van der Waals surface area contributed by atoms with Crippen molar-refractivity contribution in [3.63, 3.8) is 0 Å². The van der Waals surface area contributed by atoms with Crippen LogP contribution in [0.2, 0.25) is 0 Å². The van der Waals surface area contributed by atoms with Gasteiger partial charge >= 0.3 is 0 Å². The summed E-state index contributed by atoms with van der Waals surface area (Å²) in [5.41, 5.74) is 1.38. The van der Waals surface area contributed by atoms with Gasteiger partial charge in [-0.25, -0.2) is 0 Å². The van der Waals surface area contributed by atoms with Crippen LogP contribution in [0.5, 0.6) is 0 Å². The zero-order valence-electron chi connectivity index (χ0n) is 19.7. The predicted molar refractivity (Wildman–Crippen MR) is 157 cm³/mol. The third-order valence-electron chi connectivity index (χ3n) is 6.25. The Morgan fingerprint density at radius 1 is 0.457 bits per heavy atom. The van der Waals surface area contributed by atoms with Crippen molar-refractivity contribution < 1.29 is 0 Å². The van der Waals surface area contributed by atoms with E-state index in [1.807, 2.05) is 0 Å². The second-order valence-electron chi connectivity index (χ2n) is 8.52. The SMILES string of the molecule is C(=C/[P+](Cc1ccccc1)(c1ccccc1)c1ccccc1)/P(c1ccccc1)c1ccccc1. The molecule has 0 aromatic heterocycles. The molecule has 0 heterocycles. The third-order valence-corrected chi connectivity index (χ3v) is 12.6. The minimum atomic E-state index is -1.88. The van der Waals surface area contributed by atoms with Crippen LogP contribution in [-0.4, -0.2) is 0 Å². The monoisotopic (exact) mass is 487 g/mol. The number of benzene rings is 5. The lowest BCUT2D eigenvalue weighted by Crippen LogP contribution is -2.22. The summed E-state index contributed by atoms with van der Waals surface area (Å²) in [5.74, 6) is 5.12. The molecule has 0 atom stereocenters. The van der Waals surface area contributed by atoms with E-state index >= 15 is 0 Å². The standard InChI is InChI=1S/C33H29P2/c1-6-16-29(17-7-1)28-35(32-22-12-4-13-23-32,33-24-14-5-15-25-33)27-26-34(30-18-8-2-9-19-30)31-20-10-3-11-21-31/h1-27H,28H2/q+1/b27-26-. The van der Waals surface area contributed by atoms with Crippen molar-refractivity contribution in [3.8, 4) is 0 Å². The van der Waals surface area contributed by atoms with Crippen molar-refractivity contribution in [3.05, 3.63) is 169 Å². The molecule has 0 saturated heterocycles. The Balaban J connectivity index is 1.70. The largest absolute Gasteiger partial charge is 0.109 e. The lowest BCUT2D eigenvalue weighted by Gasteiger charge is -2.25. The Morgan fingerprint density at radius 3 is 1.26 bits per heavy atom. The van der Waals surface area contributed by atoms with Gasteiger partial charge in [-0.05, 0) is 54.2 Å². The van der Waals surface area contributed by atoms with E-state index in [-0.39, 0.29) is 0 Å². The van der Waals surface area contributed by atoms with Crippen LogP contribution in [0.1, 0.15) is 5.56 Å². The highest BCUT2D eigenvalue weighted by atomic mass is 31.2. The van der Waals surface area contributed by atoms with Gasteiger partial charge in [-0.2, -0.15) is 0 Å². The van der Waals surface area contributed by atoms with E-state index in [0.29, 0.717) is 0 Å². The van der Waals surface area contributed by atoms with Gasteiger partial charge in [0.05, 0.1) is 12.0 Å². The van der Waals surface area contributed by atoms with E-state index < -0.39 is 15.2 Å². The molecule has 0 nitrogen and oxygen atoms in total. The Hall–Kier alpha value is -3.30. The van der Waals surface area contributed by atoms with E-state index in [9.17, 15) is 0 Å². The first-order valence-corrected chi connectivity index (χ1v) is 15.4. The second-order valence-corrected chi connectivity index (χ2v) is 14.0. The summed E-state index contributed by atoms with van der Waals surface area (Å²) in [4.78, 5) is 0. The average molecular weight is 488 g/mol. The lowest BCUT2D eigenvalue weighted by atomic mass is 10.2. The molecule has 0 unspecified atom stereocenters. The molecule has 5 rings (SSSR count). The van der Waals surface area contributed by atoms with Crippen molar-refractivity contribution in [1.29, 1.82) is 0 Å². The van der Waals surface area contributed by atoms with Crippen LogP contribution < -0.4 is 21.2 Å². The molecule has 0 spiro atoms. The molecule has 5 aromatic carbocycles. The van der Waals surface area contributed by atoms with Crippen molar-refractivity contribution in [2.24, 2.45) is 0 Å². The van der Waals surface area contributed by atoms with Crippen LogP contribution >= 0.6 is 15.2 Å². The molecule has 35 heavy (non-hydrogen) atoms. The third kappa shape index (κ3) is 5.52. The number of hydrogen-bond acceptors (Lipinski definition) is 0. The summed E-state index contributed by atoms with van der Waals surface area (Å²) in [6, 6.07) is 55.1. The molecule has 0 radical (unpaired) electrons. The summed E-state index contributed by atoms with van der Waals surface area (Å²) in [5, 5.41) is 5.59. The molecule has 0 aliphatic rings. The molecule has 0 amide bonds. The maximum atomic E-state index is 2.59. The molecule has 2 heteroatoms. The molecular formula is C33H29P2+. The fourth-order valence-corrected chi connectivity index (χ4v) is 10.9. The van der Waals surface area contributed by atoms with Crippen LogP contribution in [0.25, 0.3) is 0 Å². The van der Waals surface area contributed by atoms with Crippen LogP contribution in [0, 0.1) is 0 Å². The van der Waals surface area contributed by atoms with Crippen molar-refractivity contribution in [2.75, 3.05) is 0 Å². The molecule has 0 saturated carbocycles. The van der Waals surface area contributed by atoms with Gasteiger partial charge in [0.2, 0.25) is 0 Å². The van der Waals surface area contributed by atoms with Crippen molar-refractivity contribution >= 4 is 36.4 Å². The summed E-state index contributed by atoms with van der Waals surface area (Å²) < 4.78 is 0. The van der Waals surface area contributed by atoms with Gasteiger partial charge in [-0.1, -0.05) is 127 Å². The number of hydrogen-bond donors (Lipinski definition) is 0. The van der Waals surface area contributed by atoms with Gasteiger partial charge < -0.3 is 0 Å². The van der Waals surface area contributed by atoms with E-state index in [1.54, 1.807) is 0 Å². The molecule has 0 aliphatic carbocycles. The van der Waals surface area contributed by atoms with Gasteiger partial charge in [0.25, 0.3) is 0 Å². The average Bonchev–Trinajstić information content (AvgIpc) is 2.95. The minimum Gasteiger partial charge on any atom is -0.0622 e. The fraction of sp³-hybridized carbons (Fsp3) is 0.0303. The van der Waals surface area contributed by atoms with Gasteiger partial charge in [-0.3, -0.25) is 0 Å². The Morgan fingerprint density at radius 2 is 0.829 bits per heavy atom. The highest BCUT2D eigenvalue weighted by molar-refractivity contribution is 7.92. The molecule has 0 bridgehead atoms. The van der Waals surface area contributed by atoms with Gasteiger partial charge in [0.1, 0.15) is 17.9 Å². The Labute approximate surface area is 211 Å². The first kappa shape index (κ1) is 23.4. The second kappa shape index (κ2) is 11.4. The quantitative estimate of drug-likeness (QED) is 0.199. The van der Waals surface area contributed by atoms with Crippen LogP contribution in [-0.2, 0) is 6.16 Å². The molecule has 0 fully saturated rings. The zero-order valence-corrected chi connectivity index (χ0v) is 21.5. The maximum absolute atomic E-state index is 2.59. The normalized spacial score (nSPS) is 11.7. The summed E-state index contributed by atoms with van der Waals surface area (Å²) >= 11 is 0. The topological polar surface area (TPSA) is 0 Å². The predicted octanol–water partition coefficient (Wildman–Crippen LogP) is 7.46. The first-order valence-electron chi connectivity index (χ1n) is 12.0. The Bertz CT molecular complexity index is 1250. The van der Waals surface area contributed by atoms with E-state index in [1.165, 1.54) is 26.8 Å². The molecule has 0 N–H and O–H groups in total. The first-order chi connectivity index (χ1) is 17.4. The van der Waals surface area contributed by atoms with E-state index in [4.69, 9.17) is 0 Å². The maximum Gasteiger partial charge on any atom is 0.109 e. The lowest BCUT2D eigenvalue weighted by molar-refractivity contribution is 1.39. The smallest absolute Gasteiger partial charge is 0.0622 e. The van der Waals surface area contributed by atoms with Gasteiger partial charge in [-0.15, -0.1) is 0 Å². The van der Waals surface area contributed by atoms with Crippen LogP contribution in [0.4, 0.5) is 0 Å². The van der Waals surface area contributed by atoms with Crippen molar-refractivity contribution in [2.45, 2.75) is 6.16 Å². The van der Waals surface area contributed by atoms with Crippen molar-refractivity contribution in [1.82, 2.24) is 0 Å².